The summed E-state index contributed by atoms with van der Waals surface area (Å²) in [6.45, 7) is 6.14. The van der Waals surface area contributed by atoms with Gasteiger partial charge in [0.05, 0.1) is 30.9 Å². The molecular weight excluding hydrogens is 474 g/mol. The number of rotatable bonds is 8. The second-order valence-corrected chi connectivity index (χ2v) is 10.1. The molecule has 8 nitrogen and oxygen atoms in total. The molecule has 3 aromatic heterocycles. The number of benzene rings is 1. The number of imidazole rings is 1. The van der Waals surface area contributed by atoms with Crippen LogP contribution >= 0.6 is 0 Å². The molecule has 1 aromatic carbocycles. The van der Waals surface area contributed by atoms with Gasteiger partial charge in [-0.25, -0.2) is 4.98 Å². The van der Waals surface area contributed by atoms with Crippen molar-refractivity contribution in [2.24, 2.45) is 16.8 Å². The van der Waals surface area contributed by atoms with Gasteiger partial charge in [0.2, 0.25) is 0 Å². The Kier molecular flexibility index (Phi) is 6.79. The molecule has 38 heavy (non-hydrogen) atoms. The Bertz CT molecular complexity index is 1510. The first kappa shape index (κ1) is 24.2. The summed E-state index contributed by atoms with van der Waals surface area (Å²) in [7, 11) is 1.66. The van der Waals surface area contributed by atoms with Crippen LogP contribution in [0.25, 0.3) is 16.8 Å². The number of fused-ring (bicyclic) bond motifs is 1. The van der Waals surface area contributed by atoms with Gasteiger partial charge in [-0.05, 0) is 35.6 Å². The van der Waals surface area contributed by atoms with Crippen molar-refractivity contribution in [3.8, 4) is 16.9 Å². The van der Waals surface area contributed by atoms with Gasteiger partial charge in [-0.15, -0.1) is 0 Å². The molecule has 5 heterocycles. The van der Waals surface area contributed by atoms with Crippen molar-refractivity contribution in [2.45, 2.75) is 26.4 Å². The van der Waals surface area contributed by atoms with Crippen LogP contribution in [0.5, 0.6) is 5.75 Å². The van der Waals surface area contributed by atoms with Crippen LogP contribution in [0, 0.1) is 11.8 Å². The van der Waals surface area contributed by atoms with E-state index in [1.54, 1.807) is 7.11 Å². The molecular formula is C30H33N7O. The lowest BCUT2D eigenvalue weighted by atomic mass is 10.00. The number of aliphatic imine (C=N–C) groups is 1. The number of pyridine rings is 1. The highest BCUT2D eigenvalue weighted by molar-refractivity contribution is 6.08. The Morgan fingerprint density at radius 3 is 2.76 bits per heavy atom. The van der Waals surface area contributed by atoms with Crippen molar-refractivity contribution in [1.29, 1.82) is 0 Å². The maximum atomic E-state index is 5.35. The summed E-state index contributed by atoms with van der Waals surface area (Å²) < 4.78 is 9.45. The number of nitrogens with zero attached hydrogens (tertiary/aromatic N) is 5. The normalized spacial score (nSPS) is 21.5. The Hall–Kier alpha value is -4.17. The first-order chi connectivity index (χ1) is 18.7. The molecule has 0 spiro atoms. The zero-order valence-electron chi connectivity index (χ0n) is 21.8. The predicted molar refractivity (Wildman–Crippen MR) is 150 cm³/mol. The molecule has 8 heteroatoms. The topological polar surface area (TPSA) is 80.8 Å². The number of nitrogens with one attached hydrogen (secondary N) is 2. The highest BCUT2D eigenvalue weighted by Crippen LogP contribution is 2.22. The van der Waals surface area contributed by atoms with Gasteiger partial charge in [-0.2, -0.15) is 5.10 Å². The number of hydrogen-bond donors (Lipinski definition) is 2. The Balaban J connectivity index is 1.17. The zero-order valence-corrected chi connectivity index (χ0v) is 21.8. The number of hydrogen-bond acceptors (Lipinski definition) is 6. The second kappa shape index (κ2) is 10.7. The molecule has 4 aromatic rings. The van der Waals surface area contributed by atoms with E-state index in [1.165, 1.54) is 11.1 Å². The van der Waals surface area contributed by atoms with E-state index in [0.29, 0.717) is 11.8 Å². The largest absolute Gasteiger partial charge is 0.497 e. The van der Waals surface area contributed by atoms with Crippen LogP contribution in [0.3, 0.4) is 0 Å². The molecule has 1 saturated heterocycles. The number of ether oxygens (including phenoxy) is 1. The van der Waals surface area contributed by atoms with E-state index < -0.39 is 0 Å². The number of aromatic nitrogens is 4. The molecule has 0 saturated carbocycles. The maximum Gasteiger partial charge on any atom is 0.140 e. The second-order valence-electron chi connectivity index (χ2n) is 10.1. The lowest BCUT2D eigenvalue weighted by Crippen LogP contribution is -2.44. The van der Waals surface area contributed by atoms with Crippen molar-refractivity contribution in [1.82, 2.24) is 29.8 Å². The van der Waals surface area contributed by atoms with Gasteiger partial charge in [0.15, 0.2) is 0 Å². The molecule has 6 rings (SSSR count). The van der Waals surface area contributed by atoms with Crippen LogP contribution in [0.4, 0.5) is 0 Å². The lowest BCUT2D eigenvalue weighted by Gasteiger charge is -2.26. The first-order valence-corrected chi connectivity index (χ1v) is 13.2. The van der Waals surface area contributed by atoms with E-state index in [9.17, 15) is 0 Å². The summed E-state index contributed by atoms with van der Waals surface area (Å²) in [4.78, 5) is 9.32. The molecule has 1 atom stereocenters. The summed E-state index contributed by atoms with van der Waals surface area (Å²) in [5, 5.41) is 11.6. The van der Waals surface area contributed by atoms with Gasteiger partial charge in [-0.1, -0.05) is 37.3 Å². The van der Waals surface area contributed by atoms with Gasteiger partial charge in [-0.3, -0.25) is 14.1 Å². The highest BCUT2D eigenvalue weighted by atomic mass is 16.5. The number of allylic oxidation sites excluding steroid dienone is 3. The molecule has 0 aliphatic carbocycles. The van der Waals surface area contributed by atoms with Crippen molar-refractivity contribution in [3.63, 3.8) is 0 Å². The maximum absolute atomic E-state index is 5.35. The van der Waals surface area contributed by atoms with Gasteiger partial charge in [0.25, 0.3) is 0 Å². The molecule has 0 amide bonds. The van der Waals surface area contributed by atoms with Gasteiger partial charge in [0, 0.05) is 68.0 Å². The number of methoxy groups -OCH3 is 1. The van der Waals surface area contributed by atoms with Gasteiger partial charge < -0.3 is 15.4 Å². The third-order valence-electron chi connectivity index (χ3n) is 7.34. The first-order valence-electron chi connectivity index (χ1n) is 13.2. The van der Waals surface area contributed by atoms with Crippen LogP contribution in [0.2, 0.25) is 0 Å². The fourth-order valence-electron chi connectivity index (χ4n) is 4.87. The molecule has 194 valence electrons. The fraction of sp³-hybridized carbons (Fsp3) is 0.300. The van der Waals surface area contributed by atoms with Crippen molar-refractivity contribution in [2.75, 3.05) is 20.2 Å². The van der Waals surface area contributed by atoms with E-state index in [2.05, 4.69) is 74.9 Å². The fourth-order valence-corrected chi connectivity index (χ4v) is 4.87. The van der Waals surface area contributed by atoms with E-state index in [0.717, 1.165) is 66.7 Å². The van der Waals surface area contributed by atoms with Crippen LogP contribution in [-0.4, -0.2) is 45.1 Å². The van der Waals surface area contributed by atoms with E-state index >= 15 is 0 Å². The third-order valence-corrected chi connectivity index (χ3v) is 7.34. The molecule has 2 N–H and O–H groups in total. The molecule has 0 radical (unpaired) electrons. The van der Waals surface area contributed by atoms with Gasteiger partial charge in [0.1, 0.15) is 11.4 Å². The summed E-state index contributed by atoms with van der Waals surface area (Å²) >= 11 is 0. The average Bonchev–Trinajstić information content (AvgIpc) is 3.56. The Labute approximate surface area is 222 Å². The van der Waals surface area contributed by atoms with Crippen molar-refractivity contribution in [3.05, 3.63) is 96.5 Å². The average molecular weight is 508 g/mol. The van der Waals surface area contributed by atoms with Gasteiger partial charge >= 0.3 is 0 Å². The van der Waals surface area contributed by atoms with E-state index in [4.69, 9.17) is 9.73 Å². The van der Waals surface area contributed by atoms with Crippen LogP contribution in [0.1, 0.15) is 24.6 Å². The summed E-state index contributed by atoms with van der Waals surface area (Å²) in [5.74, 6) is 1.82. The molecule has 1 unspecified atom stereocenters. The monoisotopic (exact) mass is 507 g/mol. The lowest BCUT2D eigenvalue weighted by molar-refractivity contribution is 0.295. The molecule has 1 fully saturated rings. The van der Waals surface area contributed by atoms with Crippen molar-refractivity contribution >= 4 is 11.4 Å². The zero-order chi connectivity index (χ0) is 25.9. The minimum Gasteiger partial charge on any atom is -0.497 e. The summed E-state index contributed by atoms with van der Waals surface area (Å²) in [6, 6.07) is 12.6. The minimum atomic E-state index is 0.340. The Morgan fingerprint density at radius 2 is 1.97 bits per heavy atom. The molecule has 0 bridgehead atoms. The van der Waals surface area contributed by atoms with Crippen LogP contribution < -0.4 is 15.4 Å². The standard InChI is InChI=1S/C30H33N7O/c1-21-4-3-10-32-28(29-18-34-30-12-26(38-2)9-11-37(29)30)13-27(21)33-16-22-5-7-24(8-6-22)25-17-35-36(20-25)19-23-14-31-15-23/h3,5-13,17-18,20-21,23,31,33H,4,14-16,19H2,1-2H3/b10-3+,27-13+,32-28+. The summed E-state index contributed by atoms with van der Waals surface area (Å²) in [5.41, 5.74) is 7.38. The predicted octanol–water partition coefficient (Wildman–Crippen LogP) is 4.44. The SMILES string of the molecule is COc1ccn2c(C3=N/C=C/CC(C)/C(NCc4ccc(-c5cnn(CC6CNC6)c5)cc4)=C\3)cnc2c1. The van der Waals surface area contributed by atoms with E-state index in [1.807, 2.05) is 41.3 Å². The smallest absolute Gasteiger partial charge is 0.140 e. The van der Waals surface area contributed by atoms with E-state index in [-0.39, 0.29) is 0 Å². The summed E-state index contributed by atoms with van der Waals surface area (Å²) in [6.07, 6.45) is 15.1. The molecule has 2 aliphatic rings. The molecule has 2 aliphatic heterocycles. The van der Waals surface area contributed by atoms with Crippen LogP contribution in [-0.2, 0) is 13.1 Å². The highest BCUT2D eigenvalue weighted by Gasteiger charge is 2.18. The quantitative estimate of drug-likeness (QED) is 0.369. The Morgan fingerprint density at radius 1 is 1.11 bits per heavy atom. The van der Waals surface area contributed by atoms with Crippen LogP contribution in [0.15, 0.2) is 90.2 Å². The third kappa shape index (κ3) is 5.13. The minimum absolute atomic E-state index is 0.340. The van der Waals surface area contributed by atoms with Crippen molar-refractivity contribution < 1.29 is 4.74 Å².